The van der Waals surface area contributed by atoms with Crippen molar-refractivity contribution < 1.29 is 4.42 Å². The van der Waals surface area contributed by atoms with Crippen LogP contribution >= 0.6 is 0 Å². The Morgan fingerprint density at radius 1 is 1.50 bits per heavy atom. The third-order valence-corrected chi connectivity index (χ3v) is 4.55. The number of nitrogens with one attached hydrogen (secondary N) is 1. The van der Waals surface area contributed by atoms with E-state index in [1.807, 2.05) is 13.1 Å². The fraction of sp³-hybridized carbons (Fsp3) is 0.733. The third kappa shape index (κ3) is 2.34. The smallest absolute Gasteiger partial charge is 0.122 e. The molecule has 102 valence electrons. The van der Waals surface area contributed by atoms with Crippen molar-refractivity contribution >= 4 is 0 Å². The van der Waals surface area contributed by atoms with E-state index in [1.54, 1.807) is 6.26 Å². The number of nitrogens with zero attached hydrogens (tertiary/aromatic N) is 1. The Bertz CT molecular complexity index is 361. The van der Waals surface area contributed by atoms with Crippen LogP contribution in [-0.4, -0.2) is 31.6 Å². The van der Waals surface area contributed by atoms with E-state index in [1.165, 1.54) is 25.7 Å². The van der Waals surface area contributed by atoms with E-state index in [-0.39, 0.29) is 11.6 Å². The summed E-state index contributed by atoms with van der Waals surface area (Å²) in [6.07, 6.45) is 6.89. The molecule has 1 aromatic heterocycles. The zero-order chi connectivity index (χ0) is 13.2. The van der Waals surface area contributed by atoms with E-state index >= 15 is 0 Å². The molecule has 0 bridgehead atoms. The van der Waals surface area contributed by atoms with Crippen LogP contribution < -0.4 is 5.32 Å². The Morgan fingerprint density at radius 3 is 2.78 bits per heavy atom. The minimum absolute atomic E-state index is 0.171. The molecule has 0 aromatic carbocycles. The predicted molar refractivity (Wildman–Crippen MR) is 74.6 cm³/mol. The number of likely N-dealkylation sites (N-methyl/N-ethyl adjacent to an activating group) is 2. The zero-order valence-corrected chi connectivity index (χ0v) is 12.1. The second-order valence-corrected chi connectivity index (χ2v) is 5.94. The van der Waals surface area contributed by atoms with Crippen molar-refractivity contribution in [3.05, 3.63) is 24.2 Å². The normalized spacial score (nSPS) is 30.6. The van der Waals surface area contributed by atoms with Crippen LogP contribution in [0.15, 0.2) is 22.8 Å². The second kappa shape index (κ2) is 5.45. The highest BCUT2D eigenvalue weighted by atomic mass is 16.3. The van der Waals surface area contributed by atoms with E-state index in [2.05, 4.69) is 37.3 Å². The molecule has 0 radical (unpaired) electrons. The summed E-state index contributed by atoms with van der Waals surface area (Å²) < 4.78 is 5.66. The average molecular weight is 250 g/mol. The van der Waals surface area contributed by atoms with Crippen LogP contribution in [0.25, 0.3) is 0 Å². The van der Waals surface area contributed by atoms with Gasteiger partial charge in [-0.05, 0) is 52.0 Å². The van der Waals surface area contributed by atoms with Gasteiger partial charge in [-0.15, -0.1) is 0 Å². The summed E-state index contributed by atoms with van der Waals surface area (Å²) in [5.41, 5.74) is 0.171. The van der Waals surface area contributed by atoms with Crippen LogP contribution in [0.3, 0.4) is 0 Å². The summed E-state index contributed by atoms with van der Waals surface area (Å²) in [6.45, 7) is 2.37. The summed E-state index contributed by atoms with van der Waals surface area (Å²) in [6, 6.07) is 4.34. The first kappa shape index (κ1) is 13.6. The molecule has 3 unspecified atom stereocenters. The SMILES string of the molecule is CNC(c1ccco1)C1(N(C)C)CCCC(C)C1. The quantitative estimate of drug-likeness (QED) is 0.890. The maximum atomic E-state index is 5.66. The molecule has 1 aromatic rings. The summed E-state index contributed by atoms with van der Waals surface area (Å²) >= 11 is 0. The Labute approximate surface area is 111 Å². The number of hydrogen-bond acceptors (Lipinski definition) is 3. The lowest BCUT2D eigenvalue weighted by Crippen LogP contribution is -2.55. The van der Waals surface area contributed by atoms with Crippen molar-refractivity contribution in [3.8, 4) is 0 Å². The summed E-state index contributed by atoms with van der Waals surface area (Å²) in [5.74, 6) is 1.84. The first-order valence-electron chi connectivity index (χ1n) is 6.98. The Kier molecular flexibility index (Phi) is 4.13. The van der Waals surface area contributed by atoms with Gasteiger partial charge < -0.3 is 14.6 Å². The van der Waals surface area contributed by atoms with Crippen molar-refractivity contribution in [2.24, 2.45) is 5.92 Å². The van der Waals surface area contributed by atoms with E-state index in [0.29, 0.717) is 0 Å². The van der Waals surface area contributed by atoms with Gasteiger partial charge in [-0.1, -0.05) is 19.8 Å². The maximum Gasteiger partial charge on any atom is 0.122 e. The topological polar surface area (TPSA) is 28.4 Å². The number of rotatable bonds is 4. The van der Waals surface area contributed by atoms with Gasteiger partial charge in [0.05, 0.1) is 12.3 Å². The predicted octanol–water partition coefficient (Wildman–Crippen LogP) is 3.05. The summed E-state index contributed by atoms with van der Waals surface area (Å²) in [4.78, 5) is 2.40. The van der Waals surface area contributed by atoms with Crippen molar-refractivity contribution in [2.75, 3.05) is 21.1 Å². The largest absolute Gasteiger partial charge is 0.468 e. The molecule has 18 heavy (non-hydrogen) atoms. The lowest BCUT2D eigenvalue weighted by atomic mass is 9.70. The van der Waals surface area contributed by atoms with Gasteiger partial charge in [0, 0.05) is 5.54 Å². The molecule has 1 fully saturated rings. The Balaban J connectivity index is 2.33. The van der Waals surface area contributed by atoms with Crippen LogP contribution in [-0.2, 0) is 0 Å². The standard InChI is InChI=1S/C15H26N2O/c1-12-7-5-9-15(11-12,17(3)4)14(16-2)13-8-6-10-18-13/h6,8,10,12,14,16H,5,7,9,11H2,1-4H3. The van der Waals surface area contributed by atoms with E-state index in [4.69, 9.17) is 4.42 Å². The molecule has 1 aliphatic carbocycles. The van der Waals surface area contributed by atoms with Crippen LogP contribution in [0.1, 0.15) is 44.4 Å². The van der Waals surface area contributed by atoms with E-state index in [9.17, 15) is 0 Å². The van der Waals surface area contributed by atoms with Crippen LogP contribution in [0.2, 0.25) is 0 Å². The van der Waals surface area contributed by atoms with Gasteiger partial charge >= 0.3 is 0 Å². The van der Waals surface area contributed by atoms with Gasteiger partial charge in [0.2, 0.25) is 0 Å². The lowest BCUT2D eigenvalue weighted by Gasteiger charge is -2.49. The molecule has 3 nitrogen and oxygen atoms in total. The van der Waals surface area contributed by atoms with Gasteiger partial charge in [0.1, 0.15) is 5.76 Å². The molecule has 1 saturated carbocycles. The fourth-order valence-corrected chi connectivity index (χ4v) is 3.62. The van der Waals surface area contributed by atoms with Gasteiger partial charge in [-0.25, -0.2) is 0 Å². The molecule has 2 rings (SSSR count). The van der Waals surface area contributed by atoms with E-state index in [0.717, 1.165) is 11.7 Å². The molecule has 0 aliphatic heterocycles. The zero-order valence-electron chi connectivity index (χ0n) is 12.1. The minimum Gasteiger partial charge on any atom is -0.468 e. The Morgan fingerprint density at radius 2 is 2.28 bits per heavy atom. The van der Waals surface area contributed by atoms with E-state index < -0.39 is 0 Å². The maximum absolute atomic E-state index is 5.66. The first-order valence-corrected chi connectivity index (χ1v) is 6.98. The summed E-state index contributed by atoms with van der Waals surface area (Å²) in [5, 5.41) is 3.48. The molecule has 1 N–H and O–H groups in total. The van der Waals surface area contributed by atoms with Crippen molar-refractivity contribution in [3.63, 3.8) is 0 Å². The third-order valence-electron chi connectivity index (χ3n) is 4.55. The first-order chi connectivity index (χ1) is 8.60. The van der Waals surface area contributed by atoms with Crippen LogP contribution in [0, 0.1) is 5.92 Å². The van der Waals surface area contributed by atoms with Crippen molar-refractivity contribution in [2.45, 2.75) is 44.2 Å². The Hall–Kier alpha value is -0.800. The molecule has 3 atom stereocenters. The van der Waals surface area contributed by atoms with Gasteiger partial charge in [-0.2, -0.15) is 0 Å². The van der Waals surface area contributed by atoms with Gasteiger partial charge in [0.25, 0.3) is 0 Å². The van der Waals surface area contributed by atoms with Crippen molar-refractivity contribution in [1.82, 2.24) is 10.2 Å². The number of furan rings is 1. The van der Waals surface area contributed by atoms with Crippen molar-refractivity contribution in [1.29, 1.82) is 0 Å². The molecular weight excluding hydrogens is 224 g/mol. The molecule has 0 saturated heterocycles. The summed E-state index contributed by atoms with van der Waals surface area (Å²) in [7, 11) is 6.44. The highest BCUT2D eigenvalue weighted by Crippen LogP contribution is 2.43. The molecular formula is C15H26N2O. The molecule has 0 spiro atoms. The highest BCUT2D eigenvalue weighted by molar-refractivity contribution is 5.14. The molecule has 1 aliphatic rings. The number of hydrogen-bond donors (Lipinski definition) is 1. The monoisotopic (exact) mass is 250 g/mol. The van der Waals surface area contributed by atoms with Crippen LogP contribution in [0.4, 0.5) is 0 Å². The van der Waals surface area contributed by atoms with Crippen LogP contribution in [0.5, 0.6) is 0 Å². The second-order valence-electron chi connectivity index (χ2n) is 5.94. The van der Waals surface area contributed by atoms with Gasteiger partial charge in [-0.3, -0.25) is 0 Å². The average Bonchev–Trinajstić information content (AvgIpc) is 2.83. The molecule has 0 amide bonds. The molecule has 1 heterocycles. The molecule has 3 heteroatoms. The fourth-order valence-electron chi connectivity index (χ4n) is 3.62. The minimum atomic E-state index is 0.171. The highest BCUT2D eigenvalue weighted by Gasteiger charge is 2.44. The van der Waals surface area contributed by atoms with Gasteiger partial charge in [0.15, 0.2) is 0 Å². The lowest BCUT2D eigenvalue weighted by molar-refractivity contribution is 0.0320.